The molecule has 0 aliphatic rings. The lowest BCUT2D eigenvalue weighted by Gasteiger charge is -2.08. The van der Waals surface area contributed by atoms with E-state index in [1.54, 1.807) is 7.11 Å². The van der Waals surface area contributed by atoms with E-state index in [2.05, 4.69) is 5.32 Å². The van der Waals surface area contributed by atoms with Crippen LogP contribution >= 0.6 is 0 Å². The van der Waals surface area contributed by atoms with Gasteiger partial charge in [0.2, 0.25) is 0 Å². The molecule has 0 spiro atoms. The Kier molecular flexibility index (Phi) is 8.01. The zero-order valence-electron chi connectivity index (χ0n) is 11.4. The van der Waals surface area contributed by atoms with Crippen LogP contribution in [0, 0.1) is 0 Å². The normalized spacial score (nSPS) is 10.3. The molecule has 1 rings (SSSR count). The Morgan fingerprint density at radius 3 is 2.56 bits per heavy atom. The highest BCUT2D eigenvalue weighted by molar-refractivity contribution is 5.32. The summed E-state index contributed by atoms with van der Waals surface area (Å²) in [5, 5.41) is 2.24. The van der Waals surface area contributed by atoms with Gasteiger partial charge in [0.1, 0.15) is 11.5 Å². The van der Waals surface area contributed by atoms with E-state index in [0.29, 0.717) is 6.61 Å². The second-order valence-corrected chi connectivity index (χ2v) is 3.97. The number of benzene rings is 1. The number of hydrogen-bond acceptors (Lipinski definition) is 3. The summed E-state index contributed by atoms with van der Waals surface area (Å²) < 4.78 is 16.1. The molecule has 0 atom stereocenters. The standard InChI is InChI=1S/C14H23NO3/c1-3-17-13-6-4-7-14(12-13)18-10-5-8-15-9-11-16-2/h4,6-7,12,15H,3,5,8-11H2,1-2H3/p+1. The third kappa shape index (κ3) is 6.47. The van der Waals surface area contributed by atoms with Crippen LogP contribution < -0.4 is 14.8 Å². The molecule has 18 heavy (non-hydrogen) atoms. The lowest BCUT2D eigenvalue weighted by Crippen LogP contribution is -2.85. The van der Waals surface area contributed by atoms with Crippen molar-refractivity contribution >= 4 is 0 Å². The molecule has 4 heteroatoms. The summed E-state index contributed by atoms with van der Waals surface area (Å²) in [7, 11) is 1.72. The molecule has 0 aliphatic carbocycles. The molecule has 0 bridgehead atoms. The molecule has 4 nitrogen and oxygen atoms in total. The molecule has 2 N–H and O–H groups in total. The molecule has 0 aromatic heterocycles. The van der Waals surface area contributed by atoms with E-state index in [-0.39, 0.29) is 0 Å². The molecule has 0 unspecified atom stereocenters. The number of rotatable bonds is 10. The first-order chi connectivity index (χ1) is 8.86. The van der Waals surface area contributed by atoms with Gasteiger partial charge in [-0.1, -0.05) is 6.07 Å². The molecule has 0 aliphatic heterocycles. The molecule has 0 amide bonds. The van der Waals surface area contributed by atoms with Gasteiger partial charge < -0.3 is 19.5 Å². The monoisotopic (exact) mass is 254 g/mol. The molecule has 1 aromatic rings. The van der Waals surface area contributed by atoms with Crippen molar-refractivity contribution in [2.24, 2.45) is 0 Å². The van der Waals surface area contributed by atoms with Gasteiger partial charge in [-0.3, -0.25) is 0 Å². The minimum absolute atomic E-state index is 0.678. The van der Waals surface area contributed by atoms with Gasteiger partial charge in [-0.25, -0.2) is 0 Å². The Balaban J connectivity index is 2.13. The van der Waals surface area contributed by atoms with Crippen LogP contribution in [-0.2, 0) is 4.74 Å². The second kappa shape index (κ2) is 9.74. The van der Waals surface area contributed by atoms with Crippen molar-refractivity contribution in [2.75, 3.05) is 40.0 Å². The maximum absolute atomic E-state index is 5.67. The molecule has 0 heterocycles. The van der Waals surface area contributed by atoms with Crippen molar-refractivity contribution in [2.45, 2.75) is 13.3 Å². The topological polar surface area (TPSA) is 44.3 Å². The molecular formula is C14H24NO3+. The first kappa shape index (κ1) is 14.8. The Morgan fingerprint density at radius 1 is 1.06 bits per heavy atom. The summed E-state index contributed by atoms with van der Waals surface area (Å²) in [4.78, 5) is 0. The van der Waals surface area contributed by atoms with E-state index in [1.165, 1.54) is 0 Å². The Hall–Kier alpha value is -1.26. The van der Waals surface area contributed by atoms with Crippen LogP contribution in [0.3, 0.4) is 0 Å². The lowest BCUT2D eigenvalue weighted by atomic mass is 10.3. The summed E-state index contributed by atoms with van der Waals surface area (Å²) in [5.74, 6) is 1.74. The van der Waals surface area contributed by atoms with Crippen LogP contribution in [0.4, 0.5) is 0 Å². The van der Waals surface area contributed by atoms with Crippen LogP contribution in [0.15, 0.2) is 24.3 Å². The quantitative estimate of drug-likeness (QED) is 0.635. The van der Waals surface area contributed by atoms with E-state index in [1.807, 2.05) is 31.2 Å². The predicted octanol–water partition coefficient (Wildman–Crippen LogP) is 1.06. The SMILES string of the molecule is CCOc1cccc(OCCC[NH2+]CCOC)c1. The lowest BCUT2D eigenvalue weighted by molar-refractivity contribution is -0.656. The number of ether oxygens (including phenoxy) is 3. The molecule has 0 fully saturated rings. The Bertz CT molecular complexity index is 318. The number of quaternary nitrogens is 1. The fraction of sp³-hybridized carbons (Fsp3) is 0.571. The summed E-state index contributed by atoms with van der Waals surface area (Å²) in [5.41, 5.74) is 0. The molecule has 0 saturated carbocycles. The molecule has 0 radical (unpaired) electrons. The summed E-state index contributed by atoms with van der Waals surface area (Å²) in [6.07, 6.45) is 1.03. The maximum atomic E-state index is 5.67. The summed E-state index contributed by atoms with van der Waals surface area (Å²) >= 11 is 0. The van der Waals surface area contributed by atoms with E-state index in [9.17, 15) is 0 Å². The number of methoxy groups -OCH3 is 1. The third-order valence-electron chi connectivity index (χ3n) is 2.46. The van der Waals surface area contributed by atoms with Crippen molar-refractivity contribution in [3.05, 3.63) is 24.3 Å². The van der Waals surface area contributed by atoms with Crippen LogP contribution in [0.25, 0.3) is 0 Å². The predicted molar refractivity (Wildman–Crippen MR) is 71.3 cm³/mol. The van der Waals surface area contributed by atoms with Gasteiger partial charge in [-0.2, -0.15) is 0 Å². The zero-order chi connectivity index (χ0) is 13.1. The highest BCUT2D eigenvalue weighted by Gasteiger charge is 1.98. The average molecular weight is 254 g/mol. The first-order valence-electron chi connectivity index (χ1n) is 6.53. The minimum atomic E-state index is 0.678. The fourth-order valence-corrected chi connectivity index (χ4v) is 1.58. The van der Waals surface area contributed by atoms with Gasteiger partial charge in [0.05, 0.1) is 32.9 Å². The smallest absolute Gasteiger partial charge is 0.122 e. The van der Waals surface area contributed by atoms with E-state index < -0.39 is 0 Å². The number of hydrogen-bond donors (Lipinski definition) is 1. The van der Waals surface area contributed by atoms with Gasteiger partial charge >= 0.3 is 0 Å². The fourth-order valence-electron chi connectivity index (χ4n) is 1.58. The van der Waals surface area contributed by atoms with Crippen molar-refractivity contribution in [1.82, 2.24) is 0 Å². The minimum Gasteiger partial charge on any atom is -0.494 e. The zero-order valence-corrected chi connectivity index (χ0v) is 11.4. The highest BCUT2D eigenvalue weighted by Crippen LogP contribution is 2.19. The van der Waals surface area contributed by atoms with Crippen LogP contribution in [0.5, 0.6) is 11.5 Å². The van der Waals surface area contributed by atoms with E-state index >= 15 is 0 Å². The van der Waals surface area contributed by atoms with Gasteiger partial charge in [0.15, 0.2) is 0 Å². The first-order valence-corrected chi connectivity index (χ1v) is 6.53. The van der Waals surface area contributed by atoms with E-state index in [4.69, 9.17) is 14.2 Å². The molecule has 0 saturated heterocycles. The van der Waals surface area contributed by atoms with Crippen LogP contribution in [0.1, 0.15) is 13.3 Å². The third-order valence-corrected chi connectivity index (χ3v) is 2.46. The Morgan fingerprint density at radius 2 is 1.83 bits per heavy atom. The Labute approximate surface area is 109 Å². The van der Waals surface area contributed by atoms with Crippen molar-refractivity contribution in [1.29, 1.82) is 0 Å². The average Bonchev–Trinajstić information content (AvgIpc) is 2.39. The van der Waals surface area contributed by atoms with Crippen LogP contribution in [0.2, 0.25) is 0 Å². The molecule has 1 aromatic carbocycles. The van der Waals surface area contributed by atoms with Crippen LogP contribution in [-0.4, -0.2) is 40.0 Å². The maximum Gasteiger partial charge on any atom is 0.122 e. The highest BCUT2D eigenvalue weighted by atomic mass is 16.5. The van der Waals surface area contributed by atoms with Gasteiger partial charge in [-0.05, 0) is 19.1 Å². The van der Waals surface area contributed by atoms with Crippen molar-refractivity contribution < 1.29 is 19.5 Å². The van der Waals surface area contributed by atoms with Gasteiger partial charge in [0.25, 0.3) is 0 Å². The largest absolute Gasteiger partial charge is 0.494 e. The second-order valence-electron chi connectivity index (χ2n) is 3.97. The molecular weight excluding hydrogens is 230 g/mol. The van der Waals surface area contributed by atoms with E-state index in [0.717, 1.165) is 44.2 Å². The molecule has 102 valence electrons. The van der Waals surface area contributed by atoms with Crippen molar-refractivity contribution in [3.8, 4) is 11.5 Å². The van der Waals surface area contributed by atoms with Gasteiger partial charge in [-0.15, -0.1) is 0 Å². The number of nitrogens with two attached hydrogens (primary N) is 1. The summed E-state index contributed by atoms with van der Waals surface area (Å²) in [6.45, 7) is 6.27. The van der Waals surface area contributed by atoms with Gasteiger partial charge in [0, 0.05) is 19.6 Å². The van der Waals surface area contributed by atoms with Crippen molar-refractivity contribution in [3.63, 3.8) is 0 Å². The summed E-state index contributed by atoms with van der Waals surface area (Å²) in [6, 6.07) is 7.77.